The number of anilines is 1. The number of benzene rings is 1. The van der Waals surface area contributed by atoms with E-state index in [0.29, 0.717) is 12.4 Å². The van der Waals surface area contributed by atoms with E-state index in [1.165, 1.54) is 5.56 Å². The van der Waals surface area contributed by atoms with Crippen molar-refractivity contribution in [3.8, 4) is 17.0 Å². The summed E-state index contributed by atoms with van der Waals surface area (Å²) in [6.45, 7) is 3.78. The molecule has 0 saturated carbocycles. The molecule has 1 aromatic carbocycles. The Hall–Kier alpha value is -2.07. The van der Waals surface area contributed by atoms with Gasteiger partial charge < -0.3 is 15.4 Å². The number of pyridine rings is 1. The Morgan fingerprint density at radius 3 is 2.68 bits per heavy atom. The molecule has 1 heterocycles. The third-order valence-corrected chi connectivity index (χ3v) is 3.44. The van der Waals surface area contributed by atoms with Gasteiger partial charge in [0.1, 0.15) is 18.2 Å². The number of nitrogens with zero attached hydrogens (tertiary/aromatic N) is 2. The number of nitrogen functional groups attached to an aromatic ring is 1. The zero-order chi connectivity index (χ0) is 15.9. The van der Waals surface area contributed by atoms with Crippen LogP contribution in [0.15, 0.2) is 36.4 Å². The highest BCUT2D eigenvalue weighted by atomic mass is 16.5. The minimum atomic E-state index is 0.542. The van der Waals surface area contributed by atoms with Crippen LogP contribution in [0.25, 0.3) is 11.3 Å². The summed E-state index contributed by atoms with van der Waals surface area (Å²) >= 11 is 0. The summed E-state index contributed by atoms with van der Waals surface area (Å²) in [6.07, 6.45) is 2.07. The zero-order valence-corrected chi connectivity index (χ0v) is 13.7. The fourth-order valence-electron chi connectivity index (χ4n) is 2.29. The van der Waals surface area contributed by atoms with Gasteiger partial charge in [0.15, 0.2) is 0 Å². The molecular weight excluding hydrogens is 274 g/mol. The van der Waals surface area contributed by atoms with E-state index in [2.05, 4.69) is 22.9 Å². The Morgan fingerprint density at radius 1 is 1.18 bits per heavy atom. The van der Waals surface area contributed by atoms with Gasteiger partial charge in [-0.3, -0.25) is 0 Å². The summed E-state index contributed by atoms with van der Waals surface area (Å²) in [5.41, 5.74) is 8.98. The molecule has 2 rings (SSSR count). The second kappa shape index (κ2) is 7.80. The Kier molecular flexibility index (Phi) is 5.78. The van der Waals surface area contributed by atoms with E-state index in [1.807, 2.05) is 38.4 Å². The summed E-state index contributed by atoms with van der Waals surface area (Å²) in [6, 6.07) is 12.0. The molecule has 0 spiro atoms. The van der Waals surface area contributed by atoms with E-state index in [0.717, 1.165) is 36.4 Å². The maximum Gasteiger partial charge on any atom is 0.124 e. The van der Waals surface area contributed by atoms with Crippen LogP contribution in [0.1, 0.15) is 18.9 Å². The Labute approximate surface area is 132 Å². The number of nitrogens with two attached hydrogens (primary N) is 1. The molecule has 4 nitrogen and oxygen atoms in total. The monoisotopic (exact) mass is 299 g/mol. The van der Waals surface area contributed by atoms with Crippen molar-refractivity contribution < 1.29 is 4.74 Å². The van der Waals surface area contributed by atoms with Gasteiger partial charge in [-0.2, -0.15) is 0 Å². The molecule has 0 aliphatic rings. The first-order valence-electron chi connectivity index (χ1n) is 7.73. The second-order valence-electron chi connectivity index (χ2n) is 5.67. The van der Waals surface area contributed by atoms with E-state index < -0.39 is 0 Å². The highest BCUT2D eigenvalue weighted by Crippen LogP contribution is 2.27. The minimum Gasteiger partial charge on any atom is -0.492 e. The predicted molar refractivity (Wildman–Crippen MR) is 92.1 cm³/mol. The molecule has 0 fully saturated rings. The summed E-state index contributed by atoms with van der Waals surface area (Å²) < 4.78 is 5.93. The topological polar surface area (TPSA) is 51.4 Å². The quantitative estimate of drug-likeness (QED) is 0.853. The van der Waals surface area contributed by atoms with Crippen molar-refractivity contribution >= 4 is 5.82 Å². The van der Waals surface area contributed by atoms with Crippen LogP contribution in [0.4, 0.5) is 5.82 Å². The molecular formula is C18H25N3O. The fourth-order valence-corrected chi connectivity index (χ4v) is 2.29. The summed E-state index contributed by atoms with van der Waals surface area (Å²) in [5, 5.41) is 0. The number of aromatic nitrogens is 1. The number of hydrogen-bond donors (Lipinski definition) is 1. The molecule has 2 N–H and O–H groups in total. The number of likely N-dealkylation sites (N-methyl/N-ethyl adjacent to an activating group) is 1. The van der Waals surface area contributed by atoms with Crippen LogP contribution in [0, 0.1) is 0 Å². The van der Waals surface area contributed by atoms with Gasteiger partial charge in [0, 0.05) is 12.1 Å². The molecule has 118 valence electrons. The molecule has 0 unspecified atom stereocenters. The first-order valence-corrected chi connectivity index (χ1v) is 7.73. The van der Waals surface area contributed by atoms with Crippen molar-refractivity contribution in [3.63, 3.8) is 0 Å². The normalized spacial score (nSPS) is 10.9. The molecule has 2 aromatic rings. The van der Waals surface area contributed by atoms with E-state index in [4.69, 9.17) is 10.5 Å². The van der Waals surface area contributed by atoms with Crippen molar-refractivity contribution in [2.45, 2.75) is 19.8 Å². The zero-order valence-electron chi connectivity index (χ0n) is 13.7. The van der Waals surface area contributed by atoms with Gasteiger partial charge in [0.25, 0.3) is 0 Å². The fraction of sp³-hybridized carbons (Fsp3) is 0.389. The highest BCUT2D eigenvalue weighted by Gasteiger charge is 2.07. The van der Waals surface area contributed by atoms with Gasteiger partial charge >= 0.3 is 0 Å². The van der Waals surface area contributed by atoms with E-state index in [9.17, 15) is 0 Å². The number of aryl methyl sites for hydroxylation is 1. The SMILES string of the molecule is CCCc1cc(-c2cccc(N)n2)ccc1OCCN(C)C. The van der Waals surface area contributed by atoms with Crippen LogP contribution in [0.5, 0.6) is 5.75 Å². The summed E-state index contributed by atoms with van der Waals surface area (Å²) in [5.74, 6) is 1.51. The highest BCUT2D eigenvalue weighted by molar-refractivity contribution is 5.63. The maximum absolute atomic E-state index is 5.93. The number of rotatable bonds is 7. The largest absolute Gasteiger partial charge is 0.492 e. The molecule has 0 bridgehead atoms. The third kappa shape index (κ3) is 4.46. The van der Waals surface area contributed by atoms with Crippen molar-refractivity contribution in [3.05, 3.63) is 42.0 Å². The molecule has 0 radical (unpaired) electrons. The molecule has 0 atom stereocenters. The first-order chi connectivity index (χ1) is 10.6. The lowest BCUT2D eigenvalue weighted by Gasteiger charge is -2.15. The lowest BCUT2D eigenvalue weighted by atomic mass is 10.0. The molecule has 0 amide bonds. The lowest BCUT2D eigenvalue weighted by molar-refractivity contribution is 0.259. The van der Waals surface area contributed by atoms with Crippen LogP contribution in [-0.4, -0.2) is 37.1 Å². The maximum atomic E-state index is 5.93. The van der Waals surface area contributed by atoms with Gasteiger partial charge in [-0.05, 0) is 56.4 Å². The lowest BCUT2D eigenvalue weighted by Crippen LogP contribution is -2.19. The smallest absolute Gasteiger partial charge is 0.124 e. The first kappa shape index (κ1) is 16.3. The predicted octanol–water partition coefficient (Wildman–Crippen LogP) is 3.22. The van der Waals surface area contributed by atoms with Crippen LogP contribution >= 0.6 is 0 Å². The van der Waals surface area contributed by atoms with Crippen LogP contribution < -0.4 is 10.5 Å². The molecule has 22 heavy (non-hydrogen) atoms. The number of ether oxygens (including phenoxy) is 1. The molecule has 0 aliphatic heterocycles. The summed E-state index contributed by atoms with van der Waals surface area (Å²) in [4.78, 5) is 6.51. The van der Waals surface area contributed by atoms with Crippen molar-refractivity contribution in [2.24, 2.45) is 0 Å². The standard InChI is InChI=1S/C18H25N3O/c1-4-6-15-13-14(16-7-5-8-18(19)20-16)9-10-17(15)22-12-11-21(2)3/h5,7-10,13H,4,6,11-12H2,1-3H3,(H2,19,20). The van der Waals surface area contributed by atoms with Crippen molar-refractivity contribution in [1.29, 1.82) is 0 Å². The molecule has 0 aliphatic carbocycles. The van der Waals surface area contributed by atoms with E-state index in [-0.39, 0.29) is 0 Å². The van der Waals surface area contributed by atoms with Crippen molar-refractivity contribution in [1.82, 2.24) is 9.88 Å². The number of hydrogen-bond acceptors (Lipinski definition) is 4. The minimum absolute atomic E-state index is 0.542. The van der Waals surface area contributed by atoms with Crippen LogP contribution in [0.3, 0.4) is 0 Å². The van der Waals surface area contributed by atoms with Gasteiger partial charge in [-0.1, -0.05) is 19.4 Å². The van der Waals surface area contributed by atoms with Crippen molar-refractivity contribution in [2.75, 3.05) is 33.0 Å². The van der Waals surface area contributed by atoms with E-state index in [1.54, 1.807) is 6.07 Å². The molecule has 0 saturated heterocycles. The third-order valence-electron chi connectivity index (χ3n) is 3.44. The van der Waals surface area contributed by atoms with Gasteiger partial charge in [-0.25, -0.2) is 4.98 Å². The Bertz CT molecular complexity index is 611. The van der Waals surface area contributed by atoms with Crippen LogP contribution in [-0.2, 0) is 6.42 Å². The second-order valence-corrected chi connectivity index (χ2v) is 5.67. The molecule has 1 aromatic heterocycles. The summed E-state index contributed by atoms with van der Waals surface area (Å²) in [7, 11) is 4.09. The average Bonchev–Trinajstić information content (AvgIpc) is 2.48. The van der Waals surface area contributed by atoms with Gasteiger partial charge in [0.2, 0.25) is 0 Å². The average molecular weight is 299 g/mol. The molecule has 4 heteroatoms. The Balaban J connectivity index is 2.22. The van der Waals surface area contributed by atoms with Gasteiger partial charge in [0.05, 0.1) is 5.69 Å². The van der Waals surface area contributed by atoms with E-state index >= 15 is 0 Å². The van der Waals surface area contributed by atoms with Crippen LogP contribution in [0.2, 0.25) is 0 Å². The Morgan fingerprint density at radius 2 is 2.00 bits per heavy atom. The van der Waals surface area contributed by atoms with Gasteiger partial charge in [-0.15, -0.1) is 0 Å².